The minimum Gasteiger partial charge on any atom is -0.494 e. The van der Waals surface area contributed by atoms with Crippen molar-refractivity contribution in [1.29, 1.82) is 0 Å². The Morgan fingerprint density at radius 1 is 1.12 bits per heavy atom. The highest BCUT2D eigenvalue weighted by Gasteiger charge is 2.14. The van der Waals surface area contributed by atoms with E-state index in [0.29, 0.717) is 12.4 Å². The van der Waals surface area contributed by atoms with Crippen LogP contribution >= 0.6 is 0 Å². The van der Waals surface area contributed by atoms with Crippen LogP contribution in [0.4, 0.5) is 11.5 Å². The summed E-state index contributed by atoms with van der Waals surface area (Å²) in [5.74, 6) is 0.903. The molecule has 0 aliphatic heterocycles. The first kappa shape index (κ1) is 19.0. The van der Waals surface area contributed by atoms with E-state index in [9.17, 15) is 8.42 Å². The van der Waals surface area contributed by atoms with Crippen molar-refractivity contribution in [3.8, 4) is 5.75 Å². The molecule has 0 amide bonds. The molecular formula is C17H24N4O3S. The summed E-state index contributed by atoms with van der Waals surface area (Å²) in [5.41, 5.74) is 0.839. The first-order valence-corrected chi connectivity index (χ1v) is 9.49. The second-order valence-electron chi connectivity index (χ2n) is 5.67. The van der Waals surface area contributed by atoms with E-state index >= 15 is 0 Å². The molecule has 0 unspecified atom stereocenters. The highest BCUT2D eigenvalue weighted by atomic mass is 32.2. The summed E-state index contributed by atoms with van der Waals surface area (Å²) in [6.45, 7) is 4.08. The van der Waals surface area contributed by atoms with Crippen molar-refractivity contribution in [3.63, 3.8) is 0 Å². The van der Waals surface area contributed by atoms with Crippen LogP contribution in [-0.4, -0.2) is 52.1 Å². The second-order valence-corrected chi connectivity index (χ2v) is 7.35. The lowest BCUT2D eigenvalue weighted by atomic mass is 10.3. The Kier molecular flexibility index (Phi) is 6.60. The number of nitrogens with zero attached hydrogens (tertiary/aromatic N) is 2. The summed E-state index contributed by atoms with van der Waals surface area (Å²) in [6, 6.07) is 9.68. The van der Waals surface area contributed by atoms with Crippen molar-refractivity contribution in [2.24, 2.45) is 0 Å². The fourth-order valence-corrected chi connectivity index (χ4v) is 3.07. The van der Waals surface area contributed by atoms with Crippen molar-refractivity contribution in [1.82, 2.24) is 9.88 Å². The summed E-state index contributed by atoms with van der Waals surface area (Å²) in [6.07, 6.45) is 1.60. The van der Waals surface area contributed by atoms with Crippen LogP contribution in [0.2, 0.25) is 0 Å². The Morgan fingerprint density at radius 2 is 1.84 bits per heavy atom. The number of sulfonamides is 1. The Bertz CT molecular complexity index is 759. The highest BCUT2D eigenvalue weighted by Crippen LogP contribution is 2.19. The molecule has 25 heavy (non-hydrogen) atoms. The van der Waals surface area contributed by atoms with E-state index in [2.05, 4.69) is 19.9 Å². The van der Waals surface area contributed by atoms with Gasteiger partial charge in [0.05, 0.1) is 23.4 Å². The van der Waals surface area contributed by atoms with Crippen LogP contribution in [0.3, 0.4) is 0 Å². The van der Waals surface area contributed by atoms with Crippen molar-refractivity contribution < 1.29 is 13.2 Å². The molecule has 0 saturated carbocycles. The summed E-state index contributed by atoms with van der Waals surface area (Å²) >= 11 is 0. The zero-order valence-corrected chi connectivity index (χ0v) is 15.5. The van der Waals surface area contributed by atoms with Crippen LogP contribution < -0.4 is 14.8 Å². The fourth-order valence-electron chi connectivity index (χ4n) is 2.06. The number of hydrogen-bond donors (Lipinski definition) is 2. The van der Waals surface area contributed by atoms with Crippen LogP contribution in [0.15, 0.2) is 47.5 Å². The average molecular weight is 364 g/mol. The standard InChI is InChI=1S/C17H24N4O3S/c1-4-24-15-6-8-16(9-7-15)25(22,23)20-17-10-5-14(13-19-17)18-11-12-21(2)3/h5-10,13,18H,4,11-12H2,1-3H3,(H,19,20). The maximum Gasteiger partial charge on any atom is 0.263 e. The molecule has 0 aliphatic carbocycles. The third kappa shape index (κ3) is 5.91. The topological polar surface area (TPSA) is 83.6 Å². The molecule has 2 rings (SSSR count). The van der Waals surface area contributed by atoms with E-state index in [4.69, 9.17) is 4.74 Å². The number of nitrogens with one attached hydrogen (secondary N) is 2. The lowest BCUT2D eigenvalue weighted by Crippen LogP contribution is -2.20. The second kappa shape index (κ2) is 8.68. The first-order valence-electron chi connectivity index (χ1n) is 8.01. The molecule has 0 saturated heterocycles. The Morgan fingerprint density at radius 3 is 2.40 bits per heavy atom. The van der Waals surface area contributed by atoms with Crippen LogP contribution in [0.25, 0.3) is 0 Å². The van der Waals surface area contributed by atoms with Gasteiger partial charge in [-0.25, -0.2) is 13.4 Å². The number of likely N-dealkylation sites (N-methyl/N-ethyl adjacent to an activating group) is 1. The predicted octanol–water partition coefficient (Wildman–Crippen LogP) is 2.25. The number of rotatable bonds is 9. The minimum absolute atomic E-state index is 0.158. The molecule has 0 atom stereocenters. The lowest BCUT2D eigenvalue weighted by Gasteiger charge is -2.12. The summed E-state index contributed by atoms with van der Waals surface area (Å²) in [5, 5.41) is 3.22. The third-order valence-corrected chi connectivity index (χ3v) is 4.71. The normalized spacial score (nSPS) is 11.4. The summed E-state index contributed by atoms with van der Waals surface area (Å²) in [7, 11) is 0.316. The molecular weight excluding hydrogens is 340 g/mol. The van der Waals surface area contributed by atoms with Crippen molar-refractivity contribution >= 4 is 21.5 Å². The van der Waals surface area contributed by atoms with Crippen LogP contribution in [-0.2, 0) is 10.0 Å². The van der Waals surface area contributed by atoms with Gasteiger partial charge in [-0.1, -0.05) is 0 Å². The quantitative estimate of drug-likeness (QED) is 0.710. The number of aromatic nitrogens is 1. The van der Waals surface area contributed by atoms with E-state index < -0.39 is 10.0 Å². The predicted molar refractivity (Wildman–Crippen MR) is 99.7 cm³/mol. The highest BCUT2D eigenvalue weighted by molar-refractivity contribution is 7.92. The van der Waals surface area contributed by atoms with Crippen LogP contribution in [0.1, 0.15) is 6.92 Å². The van der Waals surface area contributed by atoms with Gasteiger partial charge >= 0.3 is 0 Å². The van der Waals surface area contributed by atoms with Gasteiger partial charge in [0.15, 0.2) is 0 Å². The molecule has 0 aliphatic rings. The van der Waals surface area contributed by atoms with Gasteiger partial charge in [-0.05, 0) is 57.4 Å². The van der Waals surface area contributed by atoms with Crippen molar-refractivity contribution in [2.45, 2.75) is 11.8 Å². The van der Waals surface area contributed by atoms with Gasteiger partial charge in [-0.2, -0.15) is 0 Å². The number of ether oxygens (including phenoxy) is 1. The van der Waals surface area contributed by atoms with Gasteiger partial charge in [-0.3, -0.25) is 4.72 Å². The molecule has 1 heterocycles. The van der Waals surface area contributed by atoms with E-state index in [1.807, 2.05) is 21.0 Å². The molecule has 0 bridgehead atoms. The molecule has 2 aromatic rings. The summed E-state index contributed by atoms with van der Waals surface area (Å²) < 4.78 is 32.6. The van der Waals surface area contributed by atoms with Gasteiger partial charge in [-0.15, -0.1) is 0 Å². The molecule has 0 radical (unpaired) electrons. The van der Waals surface area contributed by atoms with Crippen molar-refractivity contribution in [2.75, 3.05) is 43.8 Å². The largest absolute Gasteiger partial charge is 0.494 e. The zero-order valence-electron chi connectivity index (χ0n) is 14.7. The monoisotopic (exact) mass is 364 g/mol. The molecule has 2 N–H and O–H groups in total. The van der Waals surface area contributed by atoms with Crippen LogP contribution in [0.5, 0.6) is 5.75 Å². The Balaban J connectivity index is 2.00. The molecule has 1 aromatic heterocycles. The molecule has 1 aromatic carbocycles. The van der Waals surface area contributed by atoms with Gasteiger partial charge in [0, 0.05) is 13.1 Å². The van der Waals surface area contributed by atoms with Gasteiger partial charge in [0.25, 0.3) is 10.0 Å². The van der Waals surface area contributed by atoms with E-state index in [0.717, 1.165) is 18.8 Å². The van der Waals surface area contributed by atoms with Gasteiger partial charge in [0.2, 0.25) is 0 Å². The van der Waals surface area contributed by atoms with Crippen LogP contribution in [0, 0.1) is 0 Å². The summed E-state index contributed by atoms with van der Waals surface area (Å²) in [4.78, 5) is 6.37. The average Bonchev–Trinajstić information content (AvgIpc) is 2.57. The van der Waals surface area contributed by atoms with Gasteiger partial charge < -0.3 is 15.0 Å². The number of pyridine rings is 1. The van der Waals surface area contributed by atoms with Gasteiger partial charge in [0.1, 0.15) is 11.6 Å². The van der Waals surface area contributed by atoms with E-state index in [-0.39, 0.29) is 10.7 Å². The molecule has 8 heteroatoms. The first-order chi connectivity index (χ1) is 11.9. The number of hydrogen-bond acceptors (Lipinski definition) is 6. The van der Waals surface area contributed by atoms with Crippen molar-refractivity contribution in [3.05, 3.63) is 42.6 Å². The lowest BCUT2D eigenvalue weighted by molar-refractivity contribution is 0.340. The van der Waals surface area contributed by atoms with E-state index in [1.54, 1.807) is 30.5 Å². The third-order valence-electron chi connectivity index (χ3n) is 3.34. The Labute approximate surface area is 149 Å². The zero-order chi connectivity index (χ0) is 18.3. The Hall–Kier alpha value is -2.32. The number of anilines is 2. The smallest absolute Gasteiger partial charge is 0.263 e. The maximum atomic E-state index is 12.4. The molecule has 136 valence electrons. The molecule has 0 fully saturated rings. The van der Waals surface area contributed by atoms with E-state index in [1.165, 1.54) is 12.1 Å². The molecule has 7 nitrogen and oxygen atoms in total. The molecule has 0 spiro atoms. The SMILES string of the molecule is CCOc1ccc(S(=O)(=O)Nc2ccc(NCCN(C)C)cn2)cc1. The number of benzene rings is 1. The maximum absolute atomic E-state index is 12.4. The minimum atomic E-state index is -3.68. The fraction of sp³-hybridized carbons (Fsp3) is 0.353.